The fourth-order valence-corrected chi connectivity index (χ4v) is 1.65. The molecule has 0 aromatic heterocycles. The molecular formula is C8H16N2O. The van der Waals surface area contributed by atoms with Gasteiger partial charge in [-0.15, -0.1) is 0 Å². The molecule has 0 aliphatic carbocycles. The van der Waals surface area contributed by atoms with Gasteiger partial charge in [0.15, 0.2) is 0 Å². The van der Waals surface area contributed by atoms with E-state index in [-0.39, 0.29) is 11.3 Å². The first kappa shape index (κ1) is 8.53. The van der Waals surface area contributed by atoms with E-state index < -0.39 is 0 Å². The Labute approximate surface area is 67.7 Å². The van der Waals surface area contributed by atoms with Crippen molar-refractivity contribution in [3.05, 3.63) is 0 Å². The van der Waals surface area contributed by atoms with Crippen molar-refractivity contribution in [3.63, 3.8) is 0 Å². The minimum Gasteiger partial charge on any atom is -0.289 e. The largest absolute Gasteiger partial charge is 0.289 e. The van der Waals surface area contributed by atoms with Gasteiger partial charge in [-0.25, -0.2) is 5.01 Å². The third-order valence-corrected chi connectivity index (χ3v) is 2.67. The third-order valence-electron chi connectivity index (χ3n) is 2.67. The highest BCUT2D eigenvalue weighted by Gasteiger charge is 2.41. The number of hydrazine groups is 1. The van der Waals surface area contributed by atoms with Gasteiger partial charge in [-0.1, -0.05) is 13.8 Å². The van der Waals surface area contributed by atoms with E-state index in [2.05, 4.69) is 19.3 Å². The van der Waals surface area contributed by atoms with E-state index in [4.69, 9.17) is 0 Å². The number of nitrogens with zero attached hydrogens (tertiary/aromatic N) is 1. The van der Waals surface area contributed by atoms with Gasteiger partial charge < -0.3 is 0 Å². The first-order valence-electron chi connectivity index (χ1n) is 4.17. The quantitative estimate of drug-likeness (QED) is 0.640. The number of hydrogen-bond acceptors (Lipinski definition) is 2. The van der Waals surface area contributed by atoms with Crippen LogP contribution < -0.4 is 5.43 Å². The highest BCUT2D eigenvalue weighted by molar-refractivity contribution is 5.84. The molecule has 0 radical (unpaired) electrons. The molecular weight excluding hydrogens is 140 g/mol. The van der Waals surface area contributed by atoms with Gasteiger partial charge in [-0.3, -0.25) is 10.2 Å². The molecule has 3 nitrogen and oxygen atoms in total. The minimum atomic E-state index is -0.116. The Hall–Kier alpha value is -0.570. The van der Waals surface area contributed by atoms with E-state index in [0.717, 1.165) is 19.4 Å². The van der Waals surface area contributed by atoms with E-state index in [1.807, 2.05) is 12.1 Å². The lowest BCUT2D eigenvalue weighted by Gasteiger charge is -2.20. The number of nitrogens with one attached hydrogen (secondary N) is 1. The van der Waals surface area contributed by atoms with Gasteiger partial charge in [0.25, 0.3) is 0 Å². The molecule has 1 rings (SSSR count). The Bertz CT molecular complexity index is 163. The minimum absolute atomic E-state index is 0.116. The van der Waals surface area contributed by atoms with Crippen LogP contribution in [0.5, 0.6) is 0 Å². The van der Waals surface area contributed by atoms with Crippen molar-refractivity contribution in [1.82, 2.24) is 10.4 Å². The molecule has 1 amide bonds. The highest BCUT2D eigenvalue weighted by Crippen LogP contribution is 2.30. The predicted octanol–water partition coefficient (Wildman–Crippen LogP) is 0.769. The topological polar surface area (TPSA) is 32.3 Å². The summed E-state index contributed by atoms with van der Waals surface area (Å²) in [5.41, 5.74) is 2.69. The van der Waals surface area contributed by atoms with Gasteiger partial charge in [-0.05, 0) is 12.8 Å². The highest BCUT2D eigenvalue weighted by atomic mass is 16.2. The molecule has 64 valence electrons. The molecule has 0 aromatic rings. The normalized spacial score (nSPS) is 23.7. The van der Waals surface area contributed by atoms with Crippen LogP contribution in [0.1, 0.15) is 26.7 Å². The van der Waals surface area contributed by atoms with Gasteiger partial charge in [0.2, 0.25) is 5.91 Å². The van der Waals surface area contributed by atoms with Gasteiger partial charge in [0.1, 0.15) is 0 Å². The van der Waals surface area contributed by atoms with Crippen molar-refractivity contribution in [3.8, 4) is 0 Å². The van der Waals surface area contributed by atoms with Gasteiger partial charge in [-0.2, -0.15) is 0 Å². The number of hydrogen-bond donors (Lipinski definition) is 1. The van der Waals surface area contributed by atoms with Gasteiger partial charge >= 0.3 is 0 Å². The fourth-order valence-electron chi connectivity index (χ4n) is 1.65. The summed E-state index contributed by atoms with van der Waals surface area (Å²) < 4.78 is 0. The van der Waals surface area contributed by atoms with Crippen LogP contribution in [-0.4, -0.2) is 24.5 Å². The maximum Gasteiger partial charge on any atom is 0.241 e. The van der Waals surface area contributed by atoms with Crippen LogP contribution >= 0.6 is 0 Å². The van der Waals surface area contributed by atoms with Gasteiger partial charge in [0.05, 0.1) is 5.41 Å². The first-order chi connectivity index (χ1) is 5.14. The Morgan fingerprint density at radius 1 is 1.55 bits per heavy atom. The maximum absolute atomic E-state index is 11.4. The summed E-state index contributed by atoms with van der Waals surface area (Å²) in [4.78, 5) is 11.4. The number of amides is 1. The van der Waals surface area contributed by atoms with E-state index in [1.54, 1.807) is 0 Å². The zero-order chi connectivity index (χ0) is 8.48. The van der Waals surface area contributed by atoms with E-state index in [1.165, 1.54) is 0 Å². The van der Waals surface area contributed by atoms with Crippen molar-refractivity contribution in [1.29, 1.82) is 0 Å². The molecule has 0 saturated carbocycles. The SMILES string of the molecule is CCC1(CC)CN(C)NC1=O. The second-order valence-corrected chi connectivity index (χ2v) is 3.28. The van der Waals surface area contributed by atoms with Crippen LogP contribution in [0.25, 0.3) is 0 Å². The Balaban J connectivity index is 2.76. The number of carbonyl (C=O) groups is 1. The molecule has 1 heterocycles. The van der Waals surface area contributed by atoms with Gasteiger partial charge in [0, 0.05) is 13.6 Å². The summed E-state index contributed by atoms with van der Waals surface area (Å²) in [6, 6.07) is 0. The molecule has 0 unspecified atom stereocenters. The molecule has 11 heavy (non-hydrogen) atoms. The lowest BCUT2D eigenvalue weighted by molar-refractivity contribution is -0.128. The van der Waals surface area contributed by atoms with Crippen LogP contribution in [0, 0.1) is 5.41 Å². The molecule has 0 atom stereocenters. The first-order valence-corrected chi connectivity index (χ1v) is 4.17. The van der Waals surface area contributed by atoms with Crippen LogP contribution in [0.3, 0.4) is 0 Å². The second-order valence-electron chi connectivity index (χ2n) is 3.28. The molecule has 0 bridgehead atoms. The Kier molecular flexibility index (Phi) is 2.18. The van der Waals surface area contributed by atoms with Crippen molar-refractivity contribution in [2.45, 2.75) is 26.7 Å². The molecule has 0 aromatic carbocycles. The molecule has 1 fully saturated rings. The average Bonchev–Trinajstić information content (AvgIpc) is 2.27. The Morgan fingerprint density at radius 2 is 2.09 bits per heavy atom. The van der Waals surface area contributed by atoms with Crippen LogP contribution in [0.4, 0.5) is 0 Å². The summed E-state index contributed by atoms with van der Waals surface area (Å²) in [7, 11) is 1.91. The summed E-state index contributed by atoms with van der Waals surface area (Å²) in [5.74, 6) is 0.185. The second kappa shape index (κ2) is 2.81. The molecule has 3 heteroatoms. The lowest BCUT2D eigenvalue weighted by atomic mass is 9.83. The summed E-state index contributed by atoms with van der Waals surface area (Å²) >= 11 is 0. The number of carbonyl (C=O) groups excluding carboxylic acids is 1. The predicted molar refractivity (Wildman–Crippen MR) is 43.8 cm³/mol. The summed E-state index contributed by atoms with van der Waals surface area (Å²) in [6.07, 6.45) is 1.86. The number of rotatable bonds is 2. The molecule has 1 saturated heterocycles. The van der Waals surface area contributed by atoms with E-state index in [0.29, 0.717) is 0 Å². The van der Waals surface area contributed by atoms with E-state index >= 15 is 0 Å². The smallest absolute Gasteiger partial charge is 0.241 e. The zero-order valence-electron chi connectivity index (χ0n) is 7.48. The van der Waals surface area contributed by atoms with E-state index in [9.17, 15) is 4.79 Å². The summed E-state index contributed by atoms with van der Waals surface area (Å²) in [6.45, 7) is 4.99. The van der Waals surface area contributed by atoms with Crippen molar-refractivity contribution in [2.24, 2.45) is 5.41 Å². The standard InChI is InChI=1S/C8H16N2O/c1-4-8(5-2)6-10(3)9-7(8)11/h4-6H2,1-3H3,(H,9,11). The van der Waals surface area contributed by atoms with Crippen molar-refractivity contribution < 1.29 is 4.79 Å². The zero-order valence-corrected chi connectivity index (χ0v) is 7.48. The third kappa shape index (κ3) is 1.25. The average molecular weight is 156 g/mol. The van der Waals surface area contributed by atoms with Crippen molar-refractivity contribution >= 4 is 5.91 Å². The summed E-state index contributed by atoms with van der Waals surface area (Å²) in [5, 5.41) is 1.87. The maximum atomic E-state index is 11.4. The lowest BCUT2D eigenvalue weighted by Crippen LogP contribution is -2.32. The molecule has 1 aliphatic heterocycles. The fraction of sp³-hybridized carbons (Fsp3) is 0.875. The van der Waals surface area contributed by atoms with Crippen LogP contribution in [0.15, 0.2) is 0 Å². The molecule has 1 aliphatic rings. The van der Waals surface area contributed by atoms with Crippen LogP contribution in [0.2, 0.25) is 0 Å². The molecule has 1 N–H and O–H groups in total. The van der Waals surface area contributed by atoms with Crippen LogP contribution in [-0.2, 0) is 4.79 Å². The van der Waals surface area contributed by atoms with Crippen molar-refractivity contribution in [2.75, 3.05) is 13.6 Å². The monoisotopic (exact) mass is 156 g/mol. The molecule has 0 spiro atoms. The Morgan fingerprint density at radius 3 is 2.27 bits per heavy atom.